The number of aliphatic hydroxyl groups excluding tert-OH is 1. The Hall–Kier alpha value is -0.770. The first-order chi connectivity index (χ1) is 4.74. The van der Waals surface area contributed by atoms with Gasteiger partial charge in [0.1, 0.15) is 0 Å². The highest BCUT2D eigenvalue weighted by Gasteiger charge is 2.29. The minimum atomic E-state index is -0.336. The predicted molar refractivity (Wildman–Crippen MR) is 36.6 cm³/mol. The summed E-state index contributed by atoms with van der Waals surface area (Å²) in [6, 6.07) is -0.247. The van der Waals surface area contributed by atoms with Gasteiger partial charge in [-0.2, -0.15) is 0 Å². The van der Waals surface area contributed by atoms with Crippen LogP contribution in [0.25, 0.3) is 0 Å². The quantitative estimate of drug-likeness (QED) is 0.462. The molecule has 1 aliphatic rings. The molecule has 0 aliphatic heterocycles. The van der Waals surface area contributed by atoms with Gasteiger partial charge in [0, 0.05) is 7.05 Å². The van der Waals surface area contributed by atoms with E-state index in [1.54, 1.807) is 7.05 Å². The molecule has 2 amide bonds. The van der Waals surface area contributed by atoms with Crippen LogP contribution in [0.2, 0.25) is 0 Å². The van der Waals surface area contributed by atoms with Gasteiger partial charge in [-0.15, -0.1) is 0 Å². The Kier molecular flexibility index (Phi) is 2.11. The van der Waals surface area contributed by atoms with Crippen molar-refractivity contribution >= 4 is 6.03 Å². The second-order valence-electron chi connectivity index (χ2n) is 2.47. The second kappa shape index (κ2) is 2.88. The average molecular weight is 144 g/mol. The molecule has 2 atom stereocenters. The Morgan fingerprint density at radius 3 is 2.60 bits per heavy atom. The summed E-state index contributed by atoms with van der Waals surface area (Å²) in [4.78, 5) is 10.6. The molecule has 4 heteroatoms. The number of carbonyl (C=O) groups is 1. The van der Waals surface area contributed by atoms with Crippen LogP contribution in [0.3, 0.4) is 0 Å². The minimum absolute atomic E-state index is 0.0278. The summed E-state index contributed by atoms with van der Waals surface area (Å²) in [7, 11) is 1.56. The zero-order valence-corrected chi connectivity index (χ0v) is 5.92. The first kappa shape index (κ1) is 7.34. The van der Waals surface area contributed by atoms with E-state index < -0.39 is 0 Å². The minimum Gasteiger partial charge on any atom is -0.391 e. The van der Waals surface area contributed by atoms with Crippen molar-refractivity contribution in [3.05, 3.63) is 0 Å². The van der Waals surface area contributed by atoms with Gasteiger partial charge in [-0.25, -0.2) is 4.79 Å². The lowest BCUT2D eigenvalue weighted by Gasteiger charge is -2.32. The van der Waals surface area contributed by atoms with Gasteiger partial charge in [0.15, 0.2) is 0 Å². The van der Waals surface area contributed by atoms with E-state index in [2.05, 4.69) is 10.6 Å². The highest BCUT2D eigenvalue weighted by molar-refractivity contribution is 5.73. The van der Waals surface area contributed by atoms with E-state index in [1.165, 1.54) is 0 Å². The molecule has 0 radical (unpaired) electrons. The van der Waals surface area contributed by atoms with Crippen molar-refractivity contribution in [3.8, 4) is 0 Å². The van der Waals surface area contributed by atoms with Crippen molar-refractivity contribution in [1.82, 2.24) is 10.6 Å². The summed E-state index contributed by atoms with van der Waals surface area (Å²) in [5, 5.41) is 14.0. The van der Waals surface area contributed by atoms with Gasteiger partial charge in [-0.05, 0) is 12.8 Å². The fourth-order valence-corrected chi connectivity index (χ4v) is 0.891. The molecule has 10 heavy (non-hydrogen) atoms. The van der Waals surface area contributed by atoms with Gasteiger partial charge in [-0.3, -0.25) is 0 Å². The van der Waals surface area contributed by atoms with Crippen LogP contribution in [-0.4, -0.2) is 30.3 Å². The first-order valence-electron chi connectivity index (χ1n) is 3.40. The third-order valence-corrected chi connectivity index (χ3v) is 1.78. The van der Waals surface area contributed by atoms with Gasteiger partial charge in [-0.1, -0.05) is 0 Å². The zero-order chi connectivity index (χ0) is 7.56. The number of carbonyl (C=O) groups excluding carboxylic acids is 1. The summed E-state index contributed by atoms with van der Waals surface area (Å²) < 4.78 is 0. The highest BCUT2D eigenvalue weighted by Crippen LogP contribution is 2.18. The van der Waals surface area contributed by atoms with Crippen LogP contribution >= 0.6 is 0 Å². The fourth-order valence-electron chi connectivity index (χ4n) is 0.891. The number of hydrogen-bond acceptors (Lipinski definition) is 2. The monoisotopic (exact) mass is 144 g/mol. The van der Waals surface area contributed by atoms with Crippen LogP contribution in [-0.2, 0) is 0 Å². The number of urea groups is 1. The fraction of sp³-hybridized carbons (Fsp3) is 0.833. The third-order valence-electron chi connectivity index (χ3n) is 1.78. The molecule has 1 aliphatic carbocycles. The van der Waals surface area contributed by atoms with Crippen molar-refractivity contribution in [2.75, 3.05) is 7.05 Å². The molecule has 0 spiro atoms. The topological polar surface area (TPSA) is 61.4 Å². The Morgan fingerprint density at radius 1 is 1.60 bits per heavy atom. The molecule has 0 aromatic heterocycles. The van der Waals surface area contributed by atoms with Crippen LogP contribution in [0.1, 0.15) is 12.8 Å². The zero-order valence-electron chi connectivity index (χ0n) is 5.92. The van der Waals surface area contributed by atoms with Crippen molar-refractivity contribution in [1.29, 1.82) is 0 Å². The maximum Gasteiger partial charge on any atom is 0.314 e. The molecular formula is C6H12N2O2. The number of rotatable bonds is 1. The van der Waals surface area contributed by atoms with Crippen LogP contribution in [0.4, 0.5) is 4.79 Å². The lowest BCUT2D eigenvalue weighted by Crippen LogP contribution is -2.52. The average Bonchev–Trinajstić information content (AvgIpc) is 1.96. The Balaban J connectivity index is 2.19. The molecule has 1 saturated carbocycles. The molecule has 0 aromatic rings. The van der Waals surface area contributed by atoms with Crippen molar-refractivity contribution in [2.24, 2.45) is 0 Å². The van der Waals surface area contributed by atoms with E-state index in [0.717, 1.165) is 12.8 Å². The predicted octanol–water partition coefficient (Wildman–Crippen LogP) is -0.561. The van der Waals surface area contributed by atoms with Crippen molar-refractivity contribution in [2.45, 2.75) is 25.0 Å². The summed E-state index contributed by atoms with van der Waals surface area (Å²) in [6.07, 6.45) is 1.35. The molecule has 0 saturated heterocycles. The Bertz CT molecular complexity index is 138. The molecule has 0 bridgehead atoms. The number of aliphatic hydroxyl groups is 1. The molecular weight excluding hydrogens is 132 g/mol. The largest absolute Gasteiger partial charge is 0.391 e. The van der Waals surface area contributed by atoms with E-state index >= 15 is 0 Å². The van der Waals surface area contributed by atoms with Crippen LogP contribution < -0.4 is 10.6 Å². The van der Waals surface area contributed by atoms with E-state index in [4.69, 9.17) is 5.11 Å². The summed E-state index contributed by atoms with van der Waals surface area (Å²) >= 11 is 0. The van der Waals surface area contributed by atoms with E-state index in [-0.39, 0.29) is 18.2 Å². The molecule has 1 fully saturated rings. The lowest BCUT2D eigenvalue weighted by molar-refractivity contribution is 0.0550. The van der Waals surface area contributed by atoms with Gasteiger partial charge < -0.3 is 15.7 Å². The summed E-state index contributed by atoms with van der Waals surface area (Å²) in [5.41, 5.74) is 0. The lowest BCUT2D eigenvalue weighted by atomic mass is 9.89. The van der Waals surface area contributed by atoms with Gasteiger partial charge in [0.05, 0.1) is 12.1 Å². The molecule has 4 nitrogen and oxygen atoms in total. The molecule has 58 valence electrons. The number of nitrogens with one attached hydrogen (secondary N) is 2. The first-order valence-corrected chi connectivity index (χ1v) is 3.40. The summed E-state index contributed by atoms with van der Waals surface area (Å²) in [6.45, 7) is 0. The van der Waals surface area contributed by atoms with Crippen LogP contribution in [0.15, 0.2) is 0 Å². The molecule has 0 aromatic carbocycles. The van der Waals surface area contributed by atoms with Gasteiger partial charge in [0.25, 0.3) is 0 Å². The van der Waals surface area contributed by atoms with Crippen LogP contribution in [0.5, 0.6) is 0 Å². The number of amides is 2. The number of hydrogen-bond donors (Lipinski definition) is 3. The van der Waals surface area contributed by atoms with E-state index in [9.17, 15) is 4.79 Å². The highest BCUT2D eigenvalue weighted by atomic mass is 16.3. The second-order valence-corrected chi connectivity index (χ2v) is 2.47. The third kappa shape index (κ3) is 1.39. The van der Waals surface area contributed by atoms with Crippen molar-refractivity contribution < 1.29 is 9.90 Å². The molecule has 1 rings (SSSR count). The Morgan fingerprint density at radius 2 is 2.30 bits per heavy atom. The normalized spacial score (nSPS) is 30.6. The van der Waals surface area contributed by atoms with Gasteiger partial charge in [0.2, 0.25) is 0 Å². The van der Waals surface area contributed by atoms with E-state index in [1.807, 2.05) is 0 Å². The summed E-state index contributed by atoms with van der Waals surface area (Å²) in [5.74, 6) is 0. The smallest absolute Gasteiger partial charge is 0.314 e. The molecule has 0 unspecified atom stereocenters. The maximum atomic E-state index is 10.6. The Labute approximate surface area is 59.6 Å². The van der Waals surface area contributed by atoms with Gasteiger partial charge >= 0.3 is 6.03 Å². The van der Waals surface area contributed by atoms with Crippen molar-refractivity contribution in [3.63, 3.8) is 0 Å². The molecule has 0 heterocycles. The van der Waals surface area contributed by atoms with E-state index in [0.29, 0.717) is 0 Å². The SMILES string of the molecule is CNC(=O)N[C@@H]1CC[C@H]1O. The standard InChI is InChI=1S/C6H12N2O2/c1-7-6(10)8-4-2-3-5(4)9/h4-5,9H,2-3H2,1H3,(H2,7,8,10)/t4-,5-/m1/s1. The molecule has 3 N–H and O–H groups in total. The van der Waals surface area contributed by atoms with Crippen LogP contribution in [0, 0.1) is 0 Å². The maximum absolute atomic E-state index is 10.6.